The Hall–Kier alpha value is -1.75. The van der Waals surface area contributed by atoms with E-state index >= 15 is 0 Å². The van der Waals surface area contributed by atoms with Gasteiger partial charge in [0.05, 0.1) is 6.61 Å². The van der Waals surface area contributed by atoms with Crippen molar-refractivity contribution in [3.8, 4) is 0 Å². The Morgan fingerprint density at radius 1 is 1.35 bits per heavy atom. The summed E-state index contributed by atoms with van der Waals surface area (Å²) >= 11 is 0. The van der Waals surface area contributed by atoms with Gasteiger partial charge in [-0.25, -0.2) is 4.79 Å². The van der Waals surface area contributed by atoms with Crippen LogP contribution in [0.15, 0.2) is 24.3 Å². The quantitative estimate of drug-likeness (QED) is 0.930. The third-order valence-electron chi connectivity index (χ3n) is 4.15. The van der Waals surface area contributed by atoms with Gasteiger partial charge in [0, 0.05) is 31.9 Å². The van der Waals surface area contributed by atoms with Crippen LogP contribution in [0.5, 0.6) is 0 Å². The predicted octanol–water partition coefficient (Wildman–Crippen LogP) is 3.01. The molecular weight excluding hydrogens is 292 g/mol. The lowest BCUT2D eigenvalue weighted by molar-refractivity contribution is 0.0201. The Morgan fingerprint density at radius 2 is 2.00 bits per heavy atom. The normalized spacial score (nSPS) is 16.3. The number of benzene rings is 1. The SMILES string of the molecule is CN(C(=O)OC(C)(C)C)C1CCN(c2cccc(CO)c2)CC1. The molecule has 1 amide bonds. The molecule has 0 spiro atoms. The lowest BCUT2D eigenvalue weighted by Gasteiger charge is -2.38. The van der Waals surface area contributed by atoms with E-state index in [1.165, 1.54) is 0 Å². The van der Waals surface area contributed by atoms with Crippen LogP contribution in [0.4, 0.5) is 10.5 Å². The van der Waals surface area contributed by atoms with Gasteiger partial charge in [-0.05, 0) is 51.3 Å². The van der Waals surface area contributed by atoms with E-state index in [-0.39, 0.29) is 18.7 Å². The van der Waals surface area contributed by atoms with Crippen LogP contribution in [0.3, 0.4) is 0 Å². The van der Waals surface area contributed by atoms with Gasteiger partial charge in [0.15, 0.2) is 0 Å². The van der Waals surface area contributed by atoms with Gasteiger partial charge >= 0.3 is 6.09 Å². The van der Waals surface area contributed by atoms with Crippen molar-refractivity contribution in [2.24, 2.45) is 0 Å². The van der Waals surface area contributed by atoms with Crippen LogP contribution in [0.25, 0.3) is 0 Å². The molecule has 1 fully saturated rings. The van der Waals surface area contributed by atoms with E-state index in [2.05, 4.69) is 11.0 Å². The average Bonchev–Trinajstić information content (AvgIpc) is 2.53. The molecule has 0 unspecified atom stereocenters. The fraction of sp³-hybridized carbons (Fsp3) is 0.611. The summed E-state index contributed by atoms with van der Waals surface area (Å²) < 4.78 is 5.44. The fourth-order valence-corrected chi connectivity index (χ4v) is 2.85. The second-order valence-electron chi connectivity index (χ2n) is 7.14. The zero-order valence-electron chi connectivity index (χ0n) is 14.6. The molecule has 0 saturated carbocycles. The van der Waals surface area contributed by atoms with E-state index in [4.69, 9.17) is 4.74 Å². The van der Waals surface area contributed by atoms with Gasteiger partial charge in [0.1, 0.15) is 5.60 Å². The highest BCUT2D eigenvalue weighted by atomic mass is 16.6. The molecule has 0 aliphatic carbocycles. The van der Waals surface area contributed by atoms with Crippen molar-refractivity contribution in [2.45, 2.75) is 51.9 Å². The zero-order chi connectivity index (χ0) is 17.0. The van der Waals surface area contributed by atoms with Gasteiger partial charge in [-0.1, -0.05) is 12.1 Å². The van der Waals surface area contributed by atoms with Crippen molar-refractivity contribution in [1.82, 2.24) is 4.90 Å². The van der Waals surface area contributed by atoms with E-state index in [9.17, 15) is 9.90 Å². The van der Waals surface area contributed by atoms with E-state index in [0.29, 0.717) is 0 Å². The topological polar surface area (TPSA) is 53.0 Å². The molecule has 0 bridgehead atoms. The summed E-state index contributed by atoms with van der Waals surface area (Å²) in [4.78, 5) is 16.2. The Kier molecular flexibility index (Phi) is 5.52. The first-order valence-corrected chi connectivity index (χ1v) is 8.21. The van der Waals surface area contributed by atoms with Crippen LogP contribution in [0.2, 0.25) is 0 Å². The number of hydrogen-bond acceptors (Lipinski definition) is 4. The molecule has 1 aliphatic rings. The second kappa shape index (κ2) is 7.21. The zero-order valence-corrected chi connectivity index (χ0v) is 14.6. The van der Waals surface area contributed by atoms with Crippen molar-refractivity contribution in [3.63, 3.8) is 0 Å². The number of hydrogen-bond donors (Lipinski definition) is 1. The molecule has 5 nitrogen and oxygen atoms in total. The minimum Gasteiger partial charge on any atom is -0.444 e. The van der Waals surface area contributed by atoms with Gasteiger partial charge in [-0.2, -0.15) is 0 Å². The molecule has 0 radical (unpaired) electrons. The smallest absolute Gasteiger partial charge is 0.410 e. The molecule has 1 saturated heterocycles. The number of amides is 1. The number of aliphatic hydroxyl groups excluding tert-OH is 1. The molecule has 5 heteroatoms. The van der Waals surface area contributed by atoms with Gasteiger partial charge in [0.25, 0.3) is 0 Å². The molecular formula is C18H28N2O3. The minimum absolute atomic E-state index is 0.0612. The van der Waals surface area contributed by atoms with E-state index in [1.54, 1.807) is 4.90 Å². The van der Waals surface area contributed by atoms with Crippen LogP contribution in [0.1, 0.15) is 39.2 Å². The Bertz CT molecular complexity index is 531. The summed E-state index contributed by atoms with van der Waals surface area (Å²) in [5.41, 5.74) is 1.60. The molecule has 1 N–H and O–H groups in total. The minimum atomic E-state index is -0.462. The molecule has 1 heterocycles. The molecule has 0 aromatic heterocycles. The number of nitrogens with zero attached hydrogens (tertiary/aromatic N) is 2. The number of carbonyl (C=O) groups excluding carboxylic acids is 1. The largest absolute Gasteiger partial charge is 0.444 e. The van der Waals surface area contributed by atoms with Crippen LogP contribution in [0, 0.1) is 0 Å². The van der Waals surface area contributed by atoms with Crippen molar-refractivity contribution in [2.75, 3.05) is 25.0 Å². The van der Waals surface area contributed by atoms with Crippen LogP contribution >= 0.6 is 0 Å². The first-order valence-electron chi connectivity index (χ1n) is 8.21. The lowest BCUT2D eigenvalue weighted by atomic mass is 10.0. The number of carbonyl (C=O) groups is 1. The summed E-state index contributed by atoms with van der Waals surface area (Å²) in [6.45, 7) is 7.51. The van der Waals surface area contributed by atoms with Crippen molar-refractivity contribution in [1.29, 1.82) is 0 Å². The second-order valence-corrected chi connectivity index (χ2v) is 7.14. The molecule has 1 aromatic carbocycles. The molecule has 2 rings (SSSR count). The highest BCUT2D eigenvalue weighted by Crippen LogP contribution is 2.24. The van der Waals surface area contributed by atoms with Gasteiger partial charge in [0.2, 0.25) is 0 Å². The maximum Gasteiger partial charge on any atom is 0.410 e. The summed E-state index contributed by atoms with van der Waals surface area (Å²) in [7, 11) is 1.82. The summed E-state index contributed by atoms with van der Waals surface area (Å²) in [5, 5.41) is 9.25. The summed E-state index contributed by atoms with van der Waals surface area (Å²) in [6.07, 6.45) is 1.58. The standard InChI is InChI=1S/C18H28N2O3/c1-18(2,3)23-17(22)19(4)15-8-10-20(11-9-15)16-7-5-6-14(12-16)13-21/h5-7,12,15,21H,8-11,13H2,1-4H3. The van der Waals surface area contributed by atoms with E-state index < -0.39 is 5.60 Å². The Morgan fingerprint density at radius 3 is 2.57 bits per heavy atom. The van der Waals surface area contributed by atoms with E-state index in [0.717, 1.165) is 37.2 Å². The molecule has 1 aliphatic heterocycles. The van der Waals surface area contributed by atoms with E-state index in [1.807, 2.05) is 46.0 Å². The number of rotatable bonds is 3. The predicted molar refractivity (Wildman–Crippen MR) is 91.6 cm³/mol. The van der Waals surface area contributed by atoms with Gasteiger partial charge in [-0.3, -0.25) is 0 Å². The monoisotopic (exact) mass is 320 g/mol. The van der Waals surface area contributed by atoms with Gasteiger partial charge < -0.3 is 19.6 Å². The average molecular weight is 320 g/mol. The molecule has 1 aromatic rings. The Balaban J connectivity index is 1.91. The first kappa shape index (κ1) is 17.6. The van der Waals surface area contributed by atoms with Crippen LogP contribution < -0.4 is 4.90 Å². The summed E-state index contributed by atoms with van der Waals surface area (Å²) in [6, 6.07) is 8.20. The first-order chi connectivity index (χ1) is 10.8. The van der Waals surface area contributed by atoms with Crippen molar-refractivity contribution < 1.29 is 14.6 Å². The number of aliphatic hydroxyl groups is 1. The van der Waals surface area contributed by atoms with Crippen molar-refractivity contribution >= 4 is 11.8 Å². The Labute approximate surface area is 138 Å². The number of anilines is 1. The molecule has 23 heavy (non-hydrogen) atoms. The van der Waals surface area contributed by atoms with Crippen LogP contribution in [-0.2, 0) is 11.3 Å². The number of piperidine rings is 1. The molecule has 0 atom stereocenters. The molecule has 128 valence electrons. The highest BCUT2D eigenvalue weighted by Gasteiger charge is 2.28. The third-order valence-corrected chi connectivity index (χ3v) is 4.15. The maximum atomic E-state index is 12.2. The highest BCUT2D eigenvalue weighted by molar-refractivity contribution is 5.68. The summed E-state index contributed by atoms with van der Waals surface area (Å²) in [5.74, 6) is 0. The van der Waals surface area contributed by atoms with Crippen LogP contribution in [-0.4, -0.2) is 47.9 Å². The van der Waals surface area contributed by atoms with Gasteiger partial charge in [-0.15, -0.1) is 0 Å². The third kappa shape index (κ3) is 4.86. The maximum absolute atomic E-state index is 12.2. The fourth-order valence-electron chi connectivity index (χ4n) is 2.85. The number of ether oxygens (including phenoxy) is 1. The van der Waals surface area contributed by atoms with Crippen molar-refractivity contribution in [3.05, 3.63) is 29.8 Å². The lowest BCUT2D eigenvalue weighted by Crippen LogP contribution is -2.47.